The average Bonchev–Trinajstić information content (AvgIpc) is 3.21. The van der Waals surface area contributed by atoms with Gasteiger partial charge in [0.2, 0.25) is 0 Å². The third-order valence-electron chi connectivity index (χ3n) is 11.5. The van der Waals surface area contributed by atoms with Crippen molar-refractivity contribution in [1.82, 2.24) is 0 Å². The van der Waals surface area contributed by atoms with Gasteiger partial charge in [-0.1, -0.05) is 206 Å². The monoisotopic (exact) mass is 815 g/mol. The van der Waals surface area contributed by atoms with E-state index in [1.54, 1.807) is 0 Å². The second kappa shape index (κ2) is 38.9. The van der Waals surface area contributed by atoms with Crippen molar-refractivity contribution in [2.24, 2.45) is 0 Å². The minimum absolute atomic E-state index is 0.209. The van der Waals surface area contributed by atoms with Crippen LogP contribution in [-0.2, 0) is 28.5 Å². The zero-order valence-corrected chi connectivity index (χ0v) is 36.9. The fourth-order valence-corrected chi connectivity index (χ4v) is 7.66. The van der Waals surface area contributed by atoms with Gasteiger partial charge < -0.3 is 39.4 Å². The Morgan fingerprint density at radius 1 is 0.474 bits per heavy atom. The second-order valence-corrected chi connectivity index (χ2v) is 16.9. The lowest BCUT2D eigenvalue weighted by Gasteiger charge is -2.39. The molecule has 338 valence electrons. The number of carbonyl (C=O) groups is 2. The third-order valence-corrected chi connectivity index (χ3v) is 11.5. The van der Waals surface area contributed by atoms with Gasteiger partial charge in [-0.3, -0.25) is 9.59 Å². The quantitative estimate of drug-likeness (QED) is 0.0347. The largest absolute Gasteiger partial charge is 0.462 e. The van der Waals surface area contributed by atoms with E-state index in [1.807, 2.05) is 0 Å². The van der Waals surface area contributed by atoms with Gasteiger partial charge in [0.15, 0.2) is 12.4 Å². The van der Waals surface area contributed by atoms with Crippen molar-refractivity contribution in [3.8, 4) is 0 Å². The van der Waals surface area contributed by atoms with Gasteiger partial charge in [0.25, 0.3) is 0 Å². The predicted octanol–water partition coefficient (Wildman–Crippen LogP) is 10.6. The summed E-state index contributed by atoms with van der Waals surface area (Å²) in [4.78, 5) is 25.4. The lowest BCUT2D eigenvalue weighted by Crippen LogP contribution is -2.59. The van der Waals surface area contributed by atoms with E-state index in [-0.39, 0.29) is 32.0 Å². The molecular formula is C47H90O10. The van der Waals surface area contributed by atoms with E-state index in [9.17, 15) is 30.0 Å². The van der Waals surface area contributed by atoms with Gasteiger partial charge in [-0.05, 0) is 12.8 Å². The first kappa shape index (κ1) is 53.7. The lowest BCUT2D eigenvalue weighted by molar-refractivity contribution is -0.305. The number of hydrogen-bond donors (Lipinski definition) is 4. The van der Waals surface area contributed by atoms with Gasteiger partial charge in [-0.25, -0.2) is 0 Å². The summed E-state index contributed by atoms with van der Waals surface area (Å²) < 4.78 is 22.2. The average molecular weight is 815 g/mol. The lowest BCUT2D eigenvalue weighted by atomic mass is 9.99. The molecule has 1 saturated heterocycles. The zero-order chi connectivity index (χ0) is 41.6. The van der Waals surface area contributed by atoms with Gasteiger partial charge in [0, 0.05) is 12.8 Å². The van der Waals surface area contributed by atoms with Crippen LogP contribution in [-0.4, -0.2) is 89.0 Å². The van der Waals surface area contributed by atoms with Crippen LogP contribution >= 0.6 is 0 Å². The van der Waals surface area contributed by atoms with Crippen LogP contribution in [0, 0.1) is 0 Å². The van der Waals surface area contributed by atoms with E-state index in [2.05, 4.69) is 13.8 Å². The molecule has 0 bridgehead atoms. The molecule has 0 spiro atoms. The molecule has 57 heavy (non-hydrogen) atoms. The summed E-state index contributed by atoms with van der Waals surface area (Å²) >= 11 is 0. The summed E-state index contributed by atoms with van der Waals surface area (Å²) in [6.07, 6.45) is 32.5. The standard InChI is InChI=1S/C47H90O10/c1-3-5-7-9-11-13-15-17-18-19-20-21-22-24-25-27-29-31-33-35-42(49)54-38-40(39-55-47-46(53)45(52)44(51)41(37-48)57-47)56-43(50)36-34-32-30-28-26-23-16-14-12-10-8-6-4-2/h40-41,44-48,51-53H,3-39H2,1-2H3/t40-,41-,44+,45?,46?,47-/m0/s1. The number of carbonyl (C=O) groups excluding carboxylic acids is 2. The number of rotatable bonds is 41. The van der Waals surface area contributed by atoms with Crippen molar-refractivity contribution < 1.29 is 49.0 Å². The fourth-order valence-electron chi connectivity index (χ4n) is 7.66. The van der Waals surface area contributed by atoms with Crippen LogP contribution in [0.4, 0.5) is 0 Å². The maximum atomic E-state index is 12.8. The highest BCUT2D eigenvalue weighted by molar-refractivity contribution is 5.70. The van der Waals surface area contributed by atoms with Crippen LogP contribution in [0.3, 0.4) is 0 Å². The SMILES string of the molecule is CCCCCCCCCCCCCCCCCCCCCC(=O)OC[C@@H](CO[C@H]1O[C@@H](CO)[C@@H](O)C(O)C1O)OC(=O)CCCCCCCCCCCCCCC. The second-order valence-electron chi connectivity index (χ2n) is 16.9. The van der Waals surface area contributed by atoms with Crippen molar-refractivity contribution in [3.63, 3.8) is 0 Å². The van der Waals surface area contributed by atoms with E-state index >= 15 is 0 Å². The Bertz CT molecular complexity index is 901. The minimum atomic E-state index is -1.59. The van der Waals surface area contributed by atoms with Gasteiger partial charge in [-0.15, -0.1) is 0 Å². The molecule has 0 aromatic rings. The molecule has 0 aromatic carbocycles. The highest BCUT2D eigenvalue weighted by atomic mass is 16.7. The number of aliphatic hydroxyl groups is 4. The molecule has 6 atom stereocenters. The molecule has 0 amide bonds. The molecule has 4 N–H and O–H groups in total. The molecule has 1 fully saturated rings. The summed E-state index contributed by atoms with van der Waals surface area (Å²) in [5.41, 5.74) is 0. The number of hydrogen-bond acceptors (Lipinski definition) is 10. The van der Waals surface area contributed by atoms with Crippen LogP contribution in [0.2, 0.25) is 0 Å². The van der Waals surface area contributed by atoms with E-state index in [4.69, 9.17) is 18.9 Å². The Hall–Kier alpha value is -1.30. The van der Waals surface area contributed by atoms with Gasteiger partial charge in [0.05, 0.1) is 13.2 Å². The molecule has 0 saturated carbocycles. The maximum Gasteiger partial charge on any atom is 0.306 e. The molecule has 1 aliphatic rings. The molecule has 0 aliphatic carbocycles. The number of esters is 2. The topological polar surface area (TPSA) is 152 Å². The number of unbranched alkanes of at least 4 members (excludes halogenated alkanes) is 30. The Morgan fingerprint density at radius 2 is 0.825 bits per heavy atom. The zero-order valence-electron chi connectivity index (χ0n) is 36.9. The molecule has 1 rings (SSSR count). The van der Waals surface area contributed by atoms with Crippen LogP contribution in [0.5, 0.6) is 0 Å². The smallest absolute Gasteiger partial charge is 0.306 e. The summed E-state index contributed by atoms with van der Waals surface area (Å²) in [5, 5.41) is 40.1. The molecule has 10 nitrogen and oxygen atoms in total. The Labute approximate surface area is 348 Å². The molecular weight excluding hydrogens is 725 g/mol. The van der Waals surface area contributed by atoms with Crippen molar-refractivity contribution in [3.05, 3.63) is 0 Å². The highest BCUT2D eigenvalue weighted by Crippen LogP contribution is 2.23. The minimum Gasteiger partial charge on any atom is -0.462 e. The first-order valence-electron chi connectivity index (χ1n) is 24.1. The van der Waals surface area contributed by atoms with E-state index in [0.717, 1.165) is 38.5 Å². The van der Waals surface area contributed by atoms with Crippen LogP contribution in [0.1, 0.15) is 232 Å². The first-order chi connectivity index (χ1) is 27.8. The first-order valence-corrected chi connectivity index (χ1v) is 24.1. The van der Waals surface area contributed by atoms with E-state index in [0.29, 0.717) is 6.42 Å². The van der Waals surface area contributed by atoms with Crippen LogP contribution in [0.15, 0.2) is 0 Å². The summed E-state index contributed by atoms with van der Waals surface area (Å²) in [6.45, 7) is 3.46. The highest BCUT2D eigenvalue weighted by Gasteiger charge is 2.44. The fraction of sp³-hybridized carbons (Fsp3) is 0.957. The molecule has 1 heterocycles. The summed E-state index contributed by atoms with van der Waals surface area (Å²) in [7, 11) is 0. The van der Waals surface area contributed by atoms with E-state index in [1.165, 1.54) is 161 Å². The van der Waals surface area contributed by atoms with Crippen LogP contribution < -0.4 is 0 Å². The van der Waals surface area contributed by atoms with Crippen molar-refractivity contribution >= 4 is 11.9 Å². The van der Waals surface area contributed by atoms with Crippen LogP contribution in [0.25, 0.3) is 0 Å². The van der Waals surface area contributed by atoms with Crippen molar-refractivity contribution in [2.75, 3.05) is 19.8 Å². The molecule has 0 aromatic heterocycles. The van der Waals surface area contributed by atoms with Gasteiger partial charge in [-0.2, -0.15) is 0 Å². The molecule has 2 unspecified atom stereocenters. The molecule has 0 radical (unpaired) electrons. The normalized spacial score (nSPS) is 20.1. The Kier molecular flexibility index (Phi) is 36.6. The van der Waals surface area contributed by atoms with Gasteiger partial charge >= 0.3 is 11.9 Å². The van der Waals surface area contributed by atoms with Crippen molar-refractivity contribution in [2.45, 2.75) is 269 Å². The predicted molar refractivity (Wildman–Crippen MR) is 229 cm³/mol. The van der Waals surface area contributed by atoms with Gasteiger partial charge in [0.1, 0.15) is 31.0 Å². The number of aliphatic hydroxyl groups excluding tert-OH is 4. The summed E-state index contributed by atoms with van der Waals surface area (Å²) in [5.74, 6) is -0.789. The van der Waals surface area contributed by atoms with E-state index < -0.39 is 49.4 Å². The Balaban J connectivity index is 2.25. The summed E-state index contributed by atoms with van der Waals surface area (Å²) in [6, 6.07) is 0. The number of ether oxygens (including phenoxy) is 4. The Morgan fingerprint density at radius 3 is 1.19 bits per heavy atom. The maximum absolute atomic E-state index is 12.8. The third kappa shape index (κ3) is 30.4. The molecule has 10 heteroatoms. The van der Waals surface area contributed by atoms with Crippen molar-refractivity contribution in [1.29, 1.82) is 0 Å². The molecule has 1 aliphatic heterocycles.